The number of nitrogens with one attached hydrogen (secondary N) is 1. The number of rotatable bonds is 7. The standard InChI is InChI=1S/C24H31N7O2/c25-21(32)17-6-8-18(9-7-17)22-28-23(26-10-11-30-12-14-33-15-13-30)20-24(29-22)31(16-27-20)19-4-2-1-3-5-19/h6-9,16,19H,1-5,10-15H2,(H2,25,32)(H,26,28,29). The summed E-state index contributed by atoms with van der Waals surface area (Å²) in [6.07, 6.45) is 7.99. The molecule has 9 heteroatoms. The fourth-order valence-electron chi connectivity index (χ4n) is 4.74. The van der Waals surface area contributed by atoms with Crippen LogP contribution in [0.4, 0.5) is 5.82 Å². The number of ether oxygens (including phenoxy) is 1. The predicted molar refractivity (Wildman–Crippen MR) is 127 cm³/mol. The second-order valence-corrected chi connectivity index (χ2v) is 8.83. The molecule has 9 nitrogen and oxygen atoms in total. The number of nitrogens with two attached hydrogens (primary N) is 1. The Morgan fingerprint density at radius 3 is 2.58 bits per heavy atom. The molecule has 2 aromatic heterocycles. The fraction of sp³-hybridized carbons (Fsp3) is 0.500. The largest absolute Gasteiger partial charge is 0.379 e. The van der Waals surface area contributed by atoms with Crippen molar-refractivity contribution in [2.45, 2.75) is 38.1 Å². The summed E-state index contributed by atoms with van der Waals surface area (Å²) in [6, 6.07) is 7.55. The van der Waals surface area contributed by atoms with Gasteiger partial charge < -0.3 is 20.4 Å². The molecule has 2 fully saturated rings. The van der Waals surface area contributed by atoms with E-state index in [4.69, 9.17) is 25.4 Å². The normalized spacial score (nSPS) is 17.9. The first kappa shape index (κ1) is 21.8. The van der Waals surface area contributed by atoms with E-state index in [1.165, 1.54) is 19.3 Å². The summed E-state index contributed by atoms with van der Waals surface area (Å²) in [5.41, 5.74) is 8.38. The lowest BCUT2D eigenvalue weighted by Gasteiger charge is -2.26. The lowest BCUT2D eigenvalue weighted by atomic mass is 9.95. The number of primary amides is 1. The molecule has 0 bridgehead atoms. The van der Waals surface area contributed by atoms with Crippen molar-refractivity contribution in [1.82, 2.24) is 24.4 Å². The van der Waals surface area contributed by atoms with Crippen LogP contribution in [0.25, 0.3) is 22.6 Å². The van der Waals surface area contributed by atoms with Crippen molar-refractivity contribution < 1.29 is 9.53 Å². The molecule has 2 aliphatic rings. The van der Waals surface area contributed by atoms with E-state index in [2.05, 4.69) is 14.8 Å². The molecular formula is C24H31N7O2. The molecule has 0 spiro atoms. The van der Waals surface area contributed by atoms with E-state index < -0.39 is 5.91 Å². The van der Waals surface area contributed by atoms with Gasteiger partial charge in [0.2, 0.25) is 5.91 Å². The fourth-order valence-corrected chi connectivity index (χ4v) is 4.74. The zero-order chi connectivity index (χ0) is 22.6. The second-order valence-electron chi connectivity index (χ2n) is 8.83. The number of carbonyl (C=O) groups is 1. The summed E-state index contributed by atoms with van der Waals surface area (Å²) in [4.78, 5) is 28.3. The van der Waals surface area contributed by atoms with Crippen molar-refractivity contribution in [3.05, 3.63) is 36.2 Å². The molecule has 0 atom stereocenters. The number of morpholine rings is 1. The Hall–Kier alpha value is -3.04. The van der Waals surface area contributed by atoms with Gasteiger partial charge in [-0.25, -0.2) is 15.0 Å². The van der Waals surface area contributed by atoms with Gasteiger partial charge in [-0.05, 0) is 25.0 Å². The SMILES string of the molecule is NC(=O)c1ccc(-c2nc(NCCN3CCOCC3)c3ncn(C4CCCCC4)c3n2)cc1. The van der Waals surface area contributed by atoms with E-state index >= 15 is 0 Å². The van der Waals surface area contributed by atoms with Crippen LogP contribution in [0.2, 0.25) is 0 Å². The van der Waals surface area contributed by atoms with Crippen LogP contribution in [0.15, 0.2) is 30.6 Å². The molecule has 33 heavy (non-hydrogen) atoms. The first-order valence-corrected chi connectivity index (χ1v) is 11.9. The zero-order valence-electron chi connectivity index (χ0n) is 18.9. The molecule has 1 saturated heterocycles. The molecule has 174 valence electrons. The molecule has 3 N–H and O–H groups in total. The number of hydrogen-bond donors (Lipinski definition) is 2. The molecule has 1 amide bonds. The van der Waals surface area contributed by atoms with Crippen molar-refractivity contribution in [3.8, 4) is 11.4 Å². The molecule has 0 unspecified atom stereocenters. The number of benzene rings is 1. The van der Waals surface area contributed by atoms with Gasteiger partial charge in [0.1, 0.15) is 5.52 Å². The second kappa shape index (κ2) is 9.84. The van der Waals surface area contributed by atoms with E-state index in [0.29, 0.717) is 17.4 Å². The summed E-state index contributed by atoms with van der Waals surface area (Å²) < 4.78 is 7.67. The van der Waals surface area contributed by atoms with Gasteiger partial charge in [0.25, 0.3) is 0 Å². The minimum Gasteiger partial charge on any atom is -0.379 e. The van der Waals surface area contributed by atoms with Crippen LogP contribution in [0.1, 0.15) is 48.5 Å². The summed E-state index contributed by atoms with van der Waals surface area (Å²) in [6.45, 7) is 5.16. The Bertz CT molecular complexity index is 1100. The minimum atomic E-state index is -0.446. The van der Waals surface area contributed by atoms with E-state index in [1.54, 1.807) is 12.1 Å². The third-order valence-electron chi connectivity index (χ3n) is 6.64. The van der Waals surface area contributed by atoms with Gasteiger partial charge in [-0.3, -0.25) is 9.69 Å². The van der Waals surface area contributed by atoms with Crippen molar-refractivity contribution in [3.63, 3.8) is 0 Å². The Morgan fingerprint density at radius 1 is 1.09 bits per heavy atom. The number of fused-ring (bicyclic) bond motifs is 1. The van der Waals surface area contributed by atoms with Crippen molar-refractivity contribution in [2.24, 2.45) is 5.73 Å². The van der Waals surface area contributed by atoms with Gasteiger partial charge >= 0.3 is 0 Å². The smallest absolute Gasteiger partial charge is 0.248 e. The van der Waals surface area contributed by atoms with Crippen LogP contribution in [-0.4, -0.2) is 69.7 Å². The molecule has 0 radical (unpaired) electrons. The minimum absolute atomic E-state index is 0.421. The number of nitrogens with zero attached hydrogens (tertiary/aromatic N) is 5. The maximum absolute atomic E-state index is 11.5. The predicted octanol–water partition coefficient (Wildman–Crippen LogP) is 2.84. The third kappa shape index (κ3) is 4.84. The van der Waals surface area contributed by atoms with Gasteiger partial charge in [0.05, 0.1) is 19.5 Å². The van der Waals surface area contributed by atoms with Gasteiger partial charge in [0.15, 0.2) is 17.3 Å². The van der Waals surface area contributed by atoms with Crippen LogP contribution < -0.4 is 11.1 Å². The topological polar surface area (TPSA) is 111 Å². The number of amides is 1. The number of imidazole rings is 1. The molecule has 1 aliphatic carbocycles. The van der Waals surface area contributed by atoms with Crippen LogP contribution in [-0.2, 0) is 4.74 Å². The molecule has 1 aliphatic heterocycles. The van der Waals surface area contributed by atoms with Crippen LogP contribution in [0.3, 0.4) is 0 Å². The summed E-state index contributed by atoms with van der Waals surface area (Å²) in [7, 11) is 0. The van der Waals surface area contributed by atoms with Crippen LogP contribution >= 0.6 is 0 Å². The number of hydrogen-bond acceptors (Lipinski definition) is 7. The Morgan fingerprint density at radius 2 is 1.85 bits per heavy atom. The summed E-state index contributed by atoms with van der Waals surface area (Å²) in [5.74, 6) is 0.917. The highest BCUT2D eigenvalue weighted by atomic mass is 16.5. The molecule has 5 rings (SSSR count). The Balaban J connectivity index is 1.46. The Kier molecular flexibility index (Phi) is 6.50. The molecule has 3 aromatic rings. The lowest BCUT2D eigenvalue weighted by molar-refractivity contribution is 0.0398. The first-order valence-electron chi connectivity index (χ1n) is 11.9. The van der Waals surface area contributed by atoms with E-state index in [0.717, 1.165) is 74.8 Å². The van der Waals surface area contributed by atoms with E-state index in [-0.39, 0.29) is 0 Å². The van der Waals surface area contributed by atoms with Gasteiger partial charge in [-0.15, -0.1) is 0 Å². The van der Waals surface area contributed by atoms with Gasteiger partial charge in [0, 0.05) is 43.3 Å². The monoisotopic (exact) mass is 449 g/mol. The van der Waals surface area contributed by atoms with Crippen LogP contribution in [0.5, 0.6) is 0 Å². The average Bonchev–Trinajstić information content (AvgIpc) is 3.29. The zero-order valence-corrected chi connectivity index (χ0v) is 18.9. The number of aromatic nitrogens is 4. The lowest BCUT2D eigenvalue weighted by Crippen LogP contribution is -2.39. The quantitative estimate of drug-likeness (QED) is 0.570. The highest BCUT2D eigenvalue weighted by Crippen LogP contribution is 2.32. The average molecular weight is 450 g/mol. The highest BCUT2D eigenvalue weighted by Gasteiger charge is 2.21. The van der Waals surface area contributed by atoms with Gasteiger partial charge in [-0.2, -0.15) is 0 Å². The number of carbonyl (C=O) groups excluding carboxylic acids is 1. The first-order chi connectivity index (χ1) is 16.2. The van der Waals surface area contributed by atoms with E-state index in [9.17, 15) is 4.79 Å². The maximum atomic E-state index is 11.5. The van der Waals surface area contributed by atoms with E-state index in [1.807, 2.05) is 18.5 Å². The number of anilines is 1. The van der Waals surface area contributed by atoms with Crippen molar-refractivity contribution in [2.75, 3.05) is 44.7 Å². The molecule has 1 saturated carbocycles. The Labute approximate surface area is 193 Å². The molecule has 3 heterocycles. The van der Waals surface area contributed by atoms with Crippen molar-refractivity contribution in [1.29, 1.82) is 0 Å². The maximum Gasteiger partial charge on any atom is 0.248 e. The van der Waals surface area contributed by atoms with Crippen LogP contribution in [0, 0.1) is 0 Å². The summed E-state index contributed by atoms with van der Waals surface area (Å²) >= 11 is 0. The molecule has 1 aromatic carbocycles. The van der Waals surface area contributed by atoms with Gasteiger partial charge in [-0.1, -0.05) is 31.4 Å². The van der Waals surface area contributed by atoms with Crippen molar-refractivity contribution >= 4 is 22.9 Å². The third-order valence-corrected chi connectivity index (χ3v) is 6.64. The highest BCUT2D eigenvalue weighted by molar-refractivity contribution is 5.93. The molecular weight excluding hydrogens is 418 g/mol. The summed E-state index contributed by atoms with van der Waals surface area (Å²) in [5, 5.41) is 3.51.